The molecule has 2 aliphatic carbocycles. The van der Waals surface area contributed by atoms with Crippen molar-refractivity contribution < 1.29 is 24.2 Å². The number of carbonyl (C=O) groups is 2. The maximum atomic E-state index is 13.5. The molecule has 0 spiro atoms. The summed E-state index contributed by atoms with van der Waals surface area (Å²) in [5.74, 6) is -0.0271. The van der Waals surface area contributed by atoms with Crippen molar-refractivity contribution in [1.82, 2.24) is 5.32 Å². The number of hydrogen-bond donors (Lipinski definition) is 2. The van der Waals surface area contributed by atoms with Crippen LogP contribution in [-0.4, -0.2) is 61.0 Å². The van der Waals surface area contributed by atoms with E-state index in [9.17, 15) is 14.7 Å². The van der Waals surface area contributed by atoms with Crippen LogP contribution in [0.1, 0.15) is 75.8 Å². The van der Waals surface area contributed by atoms with Gasteiger partial charge >= 0.3 is 5.97 Å². The molecular weight excluding hydrogens is 522 g/mol. The van der Waals surface area contributed by atoms with Gasteiger partial charge in [-0.2, -0.15) is 11.8 Å². The van der Waals surface area contributed by atoms with Gasteiger partial charge < -0.3 is 19.9 Å². The Morgan fingerprint density at radius 3 is 2.62 bits per heavy atom. The van der Waals surface area contributed by atoms with Crippen LogP contribution >= 0.6 is 11.8 Å². The van der Waals surface area contributed by atoms with Gasteiger partial charge in [0.1, 0.15) is 6.04 Å². The fourth-order valence-electron chi connectivity index (χ4n) is 5.45. The van der Waals surface area contributed by atoms with Crippen molar-refractivity contribution in [1.29, 1.82) is 0 Å². The van der Waals surface area contributed by atoms with Crippen LogP contribution in [0.15, 0.2) is 53.6 Å². The van der Waals surface area contributed by atoms with Gasteiger partial charge in [0.25, 0.3) is 5.91 Å². The van der Waals surface area contributed by atoms with Crippen molar-refractivity contribution in [2.45, 2.75) is 83.8 Å². The van der Waals surface area contributed by atoms with Gasteiger partial charge in [-0.1, -0.05) is 75.4 Å². The van der Waals surface area contributed by atoms with E-state index in [1.807, 2.05) is 49.6 Å². The Morgan fingerprint density at radius 1 is 1.15 bits per heavy atom. The summed E-state index contributed by atoms with van der Waals surface area (Å²) in [4.78, 5) is 25.3. The number of hydrogen-bond acceptors (Lipinski definition) is 5. The van der Waals surface area contributed by atoms with E-state index in [-0.39, 0.29) is 12.0 Å². The van der Waals surface area contributed by atoms with E-state index in [0.717, 1.165) is 41.7 Å². The van der Waals surface area contributed by atoms with Crippen LogP contribution in [0.4, 0.5) is 0 Å². The number of rotatable bonds is 16. The van der Waals surface area contributed by atoms with Crippen molar-refractivity contribution in [3.8, 4) is 0 Å². The van der Waals surface area contributed by atoms with E-state index in [2.05, 4.69) is 18.3 Å². The minimum atomic E-state index is -1.01. The van der Waals surface area contributed by atoms with E-state index in [4.69, 9.17) is 9.47 Å². The third-order valence-electron chi connectivity index (χ3n) is 7.67. The van der Waals surface area contributed by atoms with E-state index in [1.165, 1.54) is 32.1 Å². The third-order valence-corrected chi connectivity index (χ3v) is 8.32. The summed E-state index contributed by atoms with van der Waals surface area (Å²) < 4.78 is 12.4. The first-order valence-corrected chi connectivity index (χ1v) is 16.2. The van der Waals surface area contributed by atoms with Crippen molar-refractivity contribution in [3.63, 3.8) is 0 Å². The van der Waals surface area contributed by atoms with Gasteiger partial charge in [0.15, 0.2) is 0 Å². The van der Waals surface area contributed by atoms with Crippen molar-refractivity contribution in [2.24, 2.45) is 5.92 Å². The molecule has 1 fully saturated rings. The number of thioether (sulfide) groups is 1. The lowest BCUT2D eigenvalue weighted by Gasteiger charge is -2.27. The zero-order chi connectivity index (χ0) is 28.7. The number of ether oxygens (including phenoxy) is 2. The third kappa shape index (κ3) is 10.2. The smallest absolute Gasteiger partial charge is 0.326 e. The number of carbonyl (C=O) groups excluding carboxylic acids is 1. The highest BCUT2D eigenvalue weighted by atomic mass is 32.2. The van der Waals surface area contributed by atoms with E-state index in [1.54, 1.807) is 11.8 Å². The lowest BCUT2D eigenvalue weighted by atomic mass is 9.85. The minimum Gasteiger partial charge on any atom is -0.480 e. The summed E-state index contributed by atoms with van der Waals surface area (Å²) in [6, 6.07) is 7.06. The second-order valence-electron chi connectivity index (χ2n) is 10.9. The van der Waals surface area contributed by atoms with E-state index in [0.29, 0.717) is 43.3 Å². The van der Waals surface area contributed by atoms with Crippen LogP contribution < -0.4 is 5.32 Å². The molecule has 2 atom stereocenters. The standard InChI is InChI=1S/C33H47NO5S/c1-4-18-38-23-27(20-25-12-6-5-7-13-25)39-22-26-14-10-16-29(30(21-26)28-15-9-8-11-24(28)2)32(35)34-31(33(36)37)17-19-40-3/h8-9,11,14-16,21,25,27,31H,4-7,10,12-13,17-20,22-23H2,1-3H3,(H,34,35)(H,36,37). The maximum absolute atomic E-state index is 13.5. The second-order valence-corrected chi connectivity index (χ2v) is 11.9. The lowest BCUT2D eigenvalue weighted by molar-refractivity contribution is -0.141. The SMILES string of the molecule is CCCOCC(CC1CCCCC1)OCC1=CCC=C(C(=O)NC(CCSC)C(=O)O)C(c2ccccc2C)=C1. The van der Waals surface area contributed by atoms with Gasteiger partial charge in [0, 0.05) is 12.2 Å². The monoisotopic (exact) mass is 569 g/mol. The highest BCUT2D eigenvalue weighted by Gasteiger charge is 2.25. The van der Waals surface area contributed by atoms with Crippen LogP contribution in [0.25, 0.3) is 5.57 Å². The largest absolute Gasteiger partial charge is 0.480 e. The average Bonchev–Trinajstić information content (AvgIpc) is 3.17. The van der Waals surface area contributed by atoms with Crippen molar-refractivity contribution in [2.75, 3.05) is 31.8 Å². The Morgan fingerprint density at radius 2 is 1.93 bits per heavy atom. The number of carboxylic acid groups (broad SMARTS) is 1. The number of allylic oxidation sites excluding steroid dienone is 2. The van der Waals surface area contributed by atoms with Crippen LogP contribution in [0.2, 0.25) is 0 Å². The zero-order valence-electron chi connectivity index (χ0n) is 24.5. The number of amides is 1. The Bertz CT molecular complexity index is 1060. The number of carboxylic acids is 1. The number of aryl methyl sites for hydroxylation is 1. The quantitative estimate of drug-likeness (QED) is 0.215. The summed E-state index contributed by atoms with van der Waals surface area (Å²) in [6.07, 6.45) is 17.4. The molecule has 1 saturated carbocycles. The molecule has 7 heteroatoms. The molecule has 2 aliphatic rings. The Kier molecular flexibility index (Phi) is 14.0. The summed E-state index contributed by atoms with van der Waals surface area (Å²) in [6.45, 7) is 5.93. The zero-order valence-corrected chi connectivity index (χ0v) is 25.3. The highest BCUT2D eigenvalue weighted by molar-refractivity contribution is 7.98. The van der Waals surface area contributed by atoms with E-state index >= 15 is 0 Å². The normalized spacial score (nSPS) is 17.7. The molecule has 1 aromatic rings. The minimum absolute atomic E-state index is 0.0394. The Labute approximate surface area is 244 Å². The molecule has 1 aromatic carbocycles. The molecule has 0 saturated heterocycles. The fourth-order valence-corrected chi connectivity index (χ4v) is 5.93. The molecular formula is C33H47NO5S. The first-order chi connectivity index (χ1) is 19.4. The number of benzene rings is 1. The van der Waals surface area contributed by atoms with Gasteiger partial charge in [-0.3, -0.25) is 4.79 Å². The lowest BCUT2D eigenvalue weighted by Crippen LogP contribution is -2.42. The maximum Gasteiger partial charge on any atom is 0.326 e. The van der Waals surface area contributed by atoms with Gasteiger partial charge in [-0.05, 0) is 78.9 Å². The summed E-state index contributed by atoms with van der Waals surface area (Å²) in [5.41, 5.74) is 4.32. The molecule has 0 aromatic heterocycles. The fraction of sp³-hybridized carbons (Fsp3) is 0.576. The molecule has 0 radical (unpaired) electrons. The van der Waals surface area contributed by atoms with Crippen LogP contribution in [0.5, 0.6) is 0 Å². The predicted octanol–water partition coefficient (Wildman–Crippen LogP) is 6.74. The molecule has 3 rings (SSSR count). The molecule has 2 unspecified atom stereocenters. The predicted molar refractivity (Wildman–Crippen MR) is 165 cm³/mol. The average molecular weight is 570 g/mol. The summed E-state index contributed by atoms with van der Waals surface area (Å²) >= 11 is 1.57. The van der Waals surface area contributed by atoms with Crippen molar-refractivity contribution >= 4 is 29.2 Å². The van der Waals surface area contributed by atoms with Gasteiger partial charge in [-0.25, -0.2) is 4.79 Å². The molecule has 0 heterocycles. The summed E-state index contributed by atoms with van der Waals surface area (Å²) in [5, 5.41) is 12.5. The van der Waals surface area contributed by atoms with Crippen LogP contribution in [-0.2, 0) is 19.1 Å². The Hall–Kier alpha value is -2.35. The molecule has 0 bridgehead atoms. The van der Waals surface area contributed by atoms with Gasteiger partial charge in [-0.15, -0.1) is 0 Å². The molecule has 0 aliphatic heterocycles. The van der Waals surface area contributed by atoms with Crippen LogP contribution in [0, 0.1) is 12.8 Å². The van der Waals surface area contributed by atoms with Gasteiger partial charge in [0.05, 0.1) is 19.3 Å². The summed E-state index contributed by atoms with van der Waals surface area (Å²) in [7, 11) is 0. The van der Waals surface area contributed by atoms with Crippen molar-refractivity contribution in [3.05, 3.63) is 64.8 Å². The second kappa shape index (κ2) is 17.5. The molecule has 2 N–H and O–H groups in total. The molecule has 220 valence electrons. The van der Waals surface area contributed by atoms with E-state index < -0.39 is 12.0 Å². The number of aliphatic carboxylic acids is 1. The highest BCUT2D eigenvalue weighted by Crippen LogP contribution is 2.32. The van der Waals surface area contributed by atoms with Crippen LogP contribution in [0.3, 0.4) is 0 Å². The molecule has 6 nitrogen and oxygen atoms in total. The Balaban J connectivity index is 1.80. The first-order valence-electron chi connectivity index (χ1n) is 14.8. The first kappa shape index (κ1) is 32.2. The number of nitrogens with one attached hydrogen (secondary N) is 1. The van der Waals surface area contributed by atoms with Gasteiger partial charge in [0.2, 0.25) is 0 Å². The molecule has 40 heavy (non-hydrogen) atoms. The molecule has 1 amide bonds. The topological polar surface area (TPSA) is 84.9 Å².